The van der Waals surface area contributed by atoms with Gasteiger partial charge < -0.3 is 15.0 Å². The number of nitrogens with one attached hydrogen (secondary N) is 1. The summed E-state index contributed by atoms with van der Waals surface area (Å²) >= 11 is 0. The molecule has 1 aliphatic rings. The van der Waals surface area contributed by atoms with Gasteiger partial charge in [-0.1, -0.05) is 0 Å². The molecular formula is C14H25N5O2. The van der Waals surface area contributed by atoms with Crippen LogP contribution >= 0.6 is 0 Å². The largest absolute Gasteiger partial charge is 0.444 e. The Labute approximate surface area is 125 Å². The van der Waals surface area contributed by atoms with E-state index < -0.39 is 5.60 Å². The summed E-state index contributed by atoms with van der Waals surface area (Å²) in [5, 5.41) is 7.68. The van der Waals surface area contributed by atoms with E-state index in [2.05, 4.69) is 15.4 Å². The van der Waals surface area contributed by atoms with Crippen LogP contribution in [-0.2, 0) is 18.3 Å². The number of aryl methyl sites for hydroxylation is 1. The van der Waals surface area contributed by atoms with Crippen LogP contribution in [0.3, 0.4) is 0 Å². The maximum Gasteiger partial charge on any atom is 0.410 e. The lowest BCUT2D eigenvalue weighted by Crippen LogP contribution is -2.46. The van der Waals surface area contributed by atoms with Crippen molar-refractivity contribution in [1.82, 2.24) is 25.0 Å². The van der Waals surface area contributed by atoms with Crippen LogP contribution in [0.25, 0.3) is 0 Å². The maximum absolute atomic E-state index is 12.0. The maximum atomic E-state index is 12.0. The number of carbonyl (C=O) groups excluding carboxylic acids is 1. The number of ether oxygens (including phenoxy) is 1. The second-order valence-corrected chi connectivity index (χ2v) is 6.46. The summed E-state index contributed by atoms with van der Waals surface area (Å²) in [6, 6.07) is 0.396. The molecule has 1 aliphatic heterocycles. The van der Waals surface area contributed by atoms with E-state index in [1.165, 1.54) is 0 Å². The van der Waals surface area contributed by atoms with E-state index in [-0.39, 0.29) is 6.09 Å². The molecule has 0 spiro atoms. The molecule has 2 heterocycles. The second-order valence-electron chi connectivity index (χ2n) is 6.46. The van der Waals surface area contributed by atoms with Gasteiger partial charge in [0.1, 0.15) is 11.9 Å². The first kappa shape index (κ1) is 15.8. The molecule has 0 atom stereocenters. The highest BCUT2D eigenvalue weighted by Gasteiger charge is 2.26. The number of hydrogen-bond acceptors (Lipinski definition) is 5. The third-order valence-corrected chi connectivity index (χ3v) is 3.34. The number of aromatic nitrogens is 3. The van der Waals surface area contributed by atoms with Crippen molar-refractivity contribution in [3.63, 3.8) is 0 Å². The SMILES string of the molecule is Cn1cnc(CNC2CCN(C(=O)OC(C)(C)C)CC2)n1. The lowest BCUT2D eigenvalue weighted by Gasteiger charge is -2.33. The molecule has 1 aromatic rings. The molecule has 1 saturated heterocycles. The Morgan fingerprint density at radius 2 is 2.10 bits per heavy atom. The average molecular weight is 295 g/mol. The zero-order chi connectivity index (χ0) is 15.5. The summed E-state index contributed by atoms with van der Waals surface area (Å²) in [6.45, 7) is 7.78. The quantitative estimate of drug-likeness (QED) is 0.910. The molecule has 2 rings (SSSR count). The second kappa shape index (κ2) is 6.43. The molecule has 0 aromatic carbocycles. The van der Waals surface area contributed by atoms with Crippen molar-refractivity contribution in [2.24, 2.45) is 7.05 Å². The van der Waals surface area contributed by atoms with Gasteiger partial charge in [0.2, 0.25) is 0 Å². The van der Waals surface area contributed by atoms with Crippen molar-refractivity contribution >= 4 is 6.09 Å². The Kier molecular flexibility index (Phi) is 4.82. The normalized spacial score (nSPS) is 17.0. The molecule has 118 valence electrons. The zero-order valence-corrected chi connectivity index (χ0v) is 13.3. The number of piperidine rings is 1. The van der Waals surface area contributed by atoms with Gasteiger partial charge in [0.05, 0.1) is 6.54 Å². The number of rotatable bonds is 3. The minimum atomic E-state index is -0.434. The molecule has 7 nitrogen and oxygen atoms in total. The molecule has 0 bridgehead atoms. The predicted octanol–water partition coefficient (Wildman–Crippen LogP) is 1.30. The Morgan fingerprint density at radius 1 is 1.43 bits per heavy atom. The molecule has 0 aliphatic carbocycles. The molecule has 1 amide bonds. The van der Waals surface area contributed by atoms with E-state index in [0.29, 0.717) is 12.6 Å². The lowest BCUT2D eigenvalue weighted by atomic mass is 10.1. The van der Waals surface area contributed by atoms with Gasteiger partial charge in [0.15, 0.2) is 5.82 Å². The number of hydrogen-bond donors (Lipinski definition) is 1. The standard InChI is InChI=1S/C14H25N5O2/c1-14(2,3)21-13(20)19-7-5-11(6-8-19)15-9-12-16-10-18(4)17-12/h10-11,15H,5-9H2,1-4H3. The monoisotopic (exact) mass is 295 g/mol. The topological polar surface area (TPSA) is 72.3 Å². The first-order chi connectivity index (χ1) is 9.83. The minimum Gasteiger partial charge on any atom is -0.444 e. The highest BCUT2D eigenvalue weighted by atomic mass is 16.6. The third kappa shape index (κ3) is 5.00. The Bertz CT molecular complexity index is 472. The molecule has 1 fully saturated rings. The van der Waals surface area contributed by atoms with Crippen molar-refractivity contribution in [3.8, 4) is 0 Å². The Hall–Kier alpha value is -1.63. The van der Waals surface area contributed by atoms with Crippen molar-refractivity contribution in [3.05, 3.63) is 12.2 Å². The van der Waals surface area contributed by atoms with Crippen LogP contribution in [0.5, 0.6) is 0 Å². The highest BCUT2D eigenvalue weighted by molar-refractivity contribution is 5.68. The summed E-state index contributed by atoms with van der Waals surface area (Å²) in [7, 11) is 1.86. The van der Waals surface area contributed by atoms with Crippen LogP contribution in [-0.4, -0.2) is 50.5 Å². The van der Waals surface area contributed by atoms with E-state index in [4.69, 9.17) is 4.74 Å². The van der Waals surface area contributed by atoms with Crippen molar-refractivity contribution in [1.29, 1.82) is 0 Å². The van der Waals surface area contributed by atoms with Crippen LogP contribution in [0.2, 0.25) is 0 Å². The van der Waals surface area contributed by atoms with E-state index in [9.17, 15) is 4.79 Å². The number of nitrogens with zero attached hydrogens (tertiary/aromatic N) is 4. The molecule has 0 radical (unpaired) electrons. The molecular weight excluding hydrogens is 270 g/mol. The fraction of sp³-hybridized carbons (Fsp3) is 0.786. The van der Waals surface area contributed by atoms with Gasteiger partial charge in [-0.25, -0.2) is 9.78 Å². The zero-order valence-electron chi connectivity index (χ0n) is 13.3. The summed E-state index contributed by atoms with van der Waals surface area (Å²) in [6.07, 6.45) is 3.33. The molecule has 0 saturated carbocycles. The molecule has 0 unspecified atom stereocenters. The first-order valence-electron chi connectivity index (χ1n) is 7.39. The van der Waals surface area contributed by atoms with Crippen LogP contribution in [0.4, 0.5) is 4.79 Å². The van der Waals surface area contributed by atoms with Crippen molar-refractivity contribution < 1.29 is 9.53 Å². The summed E-state index contributed by atoms with van der Waals surface area (Å²) in [5.41, 5.74) is -0.434. The minimum absolute atomic E-state index is 0.215. The molecule has 21 heavy (non-hydrogen) atoms. The van der Waals surface area contributed by atoms with Gasteiger partial charge in [-0.2, -0.15) is 5.10 Å². The third-order valence-electron chi connectivity index (χ3n) is 3.34. The van der Waals surface area contributed by atoms with Crippen molar-refractivity contribution in [2.45, 2.75) is 51.8 Å². The number of likely N-dealkylation sites (tertiary alicyclic amines) is 1. The molecule has 7 heteroatoms. The smallest absolute Gasteiger partial charge is 0.410 e. The summed E-state index contributed by atoms with van der Waals surface area (Å²) < 4.78 is 7.08. The van der Waals surface area contributed by atoms with Gasteiger partial charge in [0, 0.05) is 26.2 Å². The van der Waals surface area contributed by atoms with Gasteiger partial charge in [-0.05, 0) is 33.6 Å². The number of amides is 1. The van der Waals surface area contributed by atoms with E-state index in [1.54, 1.807) is 15.9 Å². The molecule has 1 N–H and O–H groups in total. The summed E-state index contributed by atoms with van der Waals surface area (Å²) in [5.74, 6) is 0.798. The fourth-order valence-corrected chi connectivity index (χ4v) is 2.29. The first-order valence-corrected chi connectivity index (χ1v) is 7.39. The van der Waals surface area contributed by atoms with E-state index in [1.807, 2.05) is 27.8 Å². The van der Waals surface area contributed by atoms with Gasteiger partial charge in [-0.15, -0.1) is 0 Å². The highest BCUT2D eigenvalue weighted by Crippen LogP contribution is 2.15. The Balaban J connectivity index is 1.72. The Morgan fingerprint density at radius 3 is 2.62 bits per heavy atom. The van der Waals surface area contributed by atoms with E-state index >= 15 is 0 Å². The fourth-order valence-electron chi connectivity index (χ4n) is 2.29. The van der Waals surface area contributed by atoms with Crippen molar-refractivity contribution in [2.75, 3.05) is 13.1 Å². The van der Waals surface area contributed by atoms with Crippen LogP contribution in [0, 0.1) is 0 Å². The number of carbonyl (C=O) groups is 1. The molecule has 1 aromatic heterocycles. The van der Waals surface area contributed by atoms with Gasteiger partial charge >= 0.3 is 6.09 Å². The van der Waals surface area contributed by atoms with Crippen LogP contribution < -0.4 is 5.32 Å². The van der Waals surface area contributed by atoms with Crippen LogP contribution in [0.1, 0.15) is 39.4 Å². The summed E-state index contributed by atoms with van der Waals surface area (Å²) in [4.78, 5) is 17.9. The van der Waals surface area contributed by atoms with Gasteiger partial charge in [0.25, 0.3) is 0 Å². The van der Waals surface area contributed by atoms with Crippen LogP contribution in [0.15, 0.2) is 6.33 Å². The predicted molar refractivity (Wildman–Crippen MR) is 78.7 cm³/mol. The van der Waals surface area contributed by atoms with E-state index in [0.717, 1.165) is 31.8 Å². The average Bonchev–Trinajstić information content (AvgIpc) is 2.81. The lowest BCUT2D eigenvalue weighted by molar-refractivity contribution is 0.0198. The van der Waals surface area contributed by atoms with Gasteiger partial charge in [-0.3, -0.25) is 4.68 Å².